The molecule has 1 fully saturated rings. The van der Waals surface area contributed by atoms with Gasteiger partial charge in [-0.2, -0.15) is 0 Å². The zero-order valence-corrected chi connectivity index (χ0v) is 16.3. The van der Waals surface area contributed by atoms with Crippen LogP contribution in [0.3, 0.4) is 0 Å². The van der Waals surface area contributed by atoms with Crippen LogP contribution in [-0.2, 0) is 11.2 Å². The number of para-hydroxylation sites is 1. The lowest BCUT2D eigenvalue weighted by atomic mass is 9.83. The Morgan fingerprint density at radius 2 is 2.04 bits per heavy atom. The van der Waals surface area contributed by atoms with E-state index in [0.717, 1.165) is 23.5 Å². The van der Waals surface area contributed by atoms with Gasteiger partial charge in [0.2, 0.25) is 5.91 Å². The molecule has 5 nitrogen and oxygen atoms in total. The van der Waals surface area contributed by atoms with E-state index in [1.807, 2.05) is 25.1 Å². The lowest BCUT2D eigenvalue weighted by molar-refractivity contribution is -0.125. The third-order valence-electron chi connectivity index (χ3n) is 5.81. The van der Waals surface area contributed by atoms with Crippen LogP contribution in [0.2, 0.25) is 0 Å². The number of rotatable bonds is 4. The molecule has 28 heavy (non-hydrogen) atoms. The van der Waals surface area contributed by atoms with Gasteiger partial charge in [0.25, 0.3) is 0 Å². The molecule has 2 aliphatic heterocycles. The van der Waals surface area contributed by atoms with Gasteiger partial charge in [-0.3, -0.25) is 4.79 Å². The molecule has 1 amide bonds. The first-order chi connectivity index (χ1) is 13.6. The minimum Gasteiger partial charge on any atom is -0.497 e. The number of piperazine rings is 1. The number of methoxy groups -OCH3 is 1. The van der Waals surface area contributed by atoms with E-state index in [9.17, 15) is 9.18 Å². The second-order valence-electron chi connectivity index (χ2n) is 7.36. The van der Waals surface area contributed by atoms with Crippen LogP contribution >= 0.6 is 0 Å². The highest BCUT2D eigenvalue weighted by atomic mass is 19.1. The highest BCUT2D eigenvalue weighted by Crippen LogP contribution is 2.39. The van der Waals surface area contributed by atoms with E-state index in [-0.39, 0.29) is 23.7 Å². The van der Waals surface area contributed by atoms with Crippen molar-refractivity contribution in [2.75, 3.05) is 43.1 Å². The Morgan fingerprint density at radius 3 is 2.79 bits per heavy atom. The Morgan fingerprint density at radius 1 is 1.21 bits per heavy atom. The largest absolute Gasteiger partial charge is 0.497 e. The Labute approximate surface area is 165 Å². The Bertz CT molecular complexity index is 873. The van der Waals surface area contributed by atoms with E-state index in [1.54, 1.807) is 13.2 Å². The maximum Gasteiger partial charge on any atom is 0.225 e. The second kappa shape index (κ2) is 7.70. The fourth-order valence-corrected chi connectivity index (χ4v) is 4.44. The predicted molar refractivity (Wildman–Crippen MR) is 109 cm³/mol. The van der Waals surface area contributed by atoms with Gasteiger partial charge in [0.05, 0.1) is 24.8 Å². The number of ether oxygens (including phenoxy) is 1. The first-order valence-corrected chi connectivity index (χ1v) is 9.83. The number of carbonyl (C=O) groups excluding carboxylic acids is 1. The highest BCUT2D eigenvalue weighted by molar-refractivity contribution is 5.82. The number of amides is 1. The quantitative estimate of drug-likeness (QED) is 0.882. The summed E-state index contributed by atoms with van der Waals surface area (Å²) >= 11 is 0. The third-order valence-corrected chi connectivity index (χ3v) is 5.81. The zero-order chi connectivity index (χ0) is 19.7. The first kappa shape index (κ1) is 18.6. The number of halogens is 1. The maximum atomic E-state index is 14.4. The van der Waals surface area contributed by atoms with Crippen molar-refractivity contribution in [2.24, 2.45) is 5.92 Å². The fourth-order valence-electron chi connectivity index (χ4n) is 4.44. The minimum atomic E-state index is -0.219. The number of carbonyl (C=O) groups is 1. The van der Waals surface area contributed by atoms with Crippen molar-refractivity contribution in [1.82, 2.24) is 5.32 Å². The molecule has 0 aromatic heterocycles. The molecule has 2 aliphatic rings. The third kappa shape index (κ3) is 3.28. The summed E-state index contributed by atoms with van der Waals surface area (Å²) in [6, 6.07) is 12.9. The van der Waals surface area contributed by atoms with E-state index in [0.29, 0.717) is 31.7 Å². The van der Waals surface area contributed by atoms with Crippen molar-refractivity contribution in [2.45, 2.75) is 19.4 Å². The molecule has 0 saturated carbocycles. The molecule has 1 N–H and O–H groups in total. The predicted octanol–water partition coefficient (Wildman–Crippen LogP) is 2.84. The molecular formula is C22H26FN3O2. The van der Waals surface area contributed by atoms with Crippen LogP contribution in [0.1, 0.15) is 12.5 Å². The van der Waals surface area contributed by atoms with Crippen molar-refractivity contribution in [1.29, 1.82) is 0 Å². The molecule has 1 saturated heterocycles. The standard InChI is InChI=1S/C22H26FN3O2/c1-3-24-22(27)17-12-15-8-9-16(28-2)13-20(15)26-11-10-25(14-21(17)26)19-7-5-4-6-18(19)23/h4-9,13,17,21H,3,10-12,14H2,1-2H3,(H,24,27)/t17-,21+/m0/s1. The van der Waals surface area contributed by atoms with Gasteiger partial charge in [0.15, 0.2) is 0 Å². The smallest absolute Gasteiger partial charge is 0.225 e. The van der Waals surface area contributed by atoms with Gasteiger partial charge < -0.3 is 19.9 Å². The van der Waals surface area contributed by atoms with Crippen molar-refractivity contribution < 1.29 is 13.9 Å². The number of nitrogens with one attached hydrogen (secondary N) is 1. The number of nitrogens with zero attached hydrogens (tertiary/aromatic N) is 2. The molecule has 148 valence electrons. The summed E-state index contributed by atoms with van der Waals surface area (Å²) in [7, 11) is 1.66. The van der Waals surface area contributed by atoms with Crippen LogP contribution in [-0.4, -0.2) is 45.2 Å². The molecule has 2 heterocycles. The van der Waals surface area contributed by atoms with Crippen LogP contribution in [0.5, 0.6) is 5.75 Å². The number of benzene rings is 2. The lowest BCUT2D eigenvalue weighted by Gasteiger charge is -2.49. The second-order valence-corrected chi connectivity index (χ2v) is 7.36. The molecule has 0 aliphatic carbocycles. The van der Waals surface area contributed by atoms with Crippen LogP contribution in [0.15, 0.2) is 42.5 Å². The molecule has 0 bridgehead atoms. The van der Waals surface area contributed by atoms with Crippen molar-refractivity contribution in [3.8, 4) is 5.75 Å². The molecule has 2 aromatic carbocycles. The summed E-state index contributed by atoms with van der Waals surface area (Å²) in [5, 5.41) is 2.98. The van der Waals surface area contributed by atoms with Gasteiger partial charge in [-0.15, -0.1) is 0 Å². The molecule has 6 heteroatoms. The van der Waals surface area contributed by atoms with Crippen molar-refractivity contribution in [3.63, 3.8) is 0 Å². The number of hydrogen-bond acceptors (Lipinski definition) is 4. The van der Waals surface area contributed by atoms with Gasteiger partial charge in [0.1, 0.15) is 11.6 Å². The number of anilines is 2. The van der Waals surface area contributed by atoms with E-state index < -0.39 is 0 Å². The Hall–Kier alpha value is -2.76. The average molecular weight is 383 g/mol. The van der Waals surface area contributed by atoms with E-state index in [4.69, 9.17) is 4.74 Å². The summed E-state index contributed by atoms with van der Waals surface area (Å²) < 4.78 is 19.8. The topological polar surface area (TPSA) is 44.8 Å². The van der Waals surface area contributed by atoms with Crippen LogP contribution in [0, 0.1) is 11.7 Å². The first-order valence-electron chi connectivity index (χ1n) is 9.83. The van der Waals surface area contributed by atoms with Crippen molar-refractivity contribution >= 4 is 17.3 Å². The van der Waals surface area contributed by atoms with Crippen LogP contribution in [0.4, 0.5) is 15.8 Å². The molecule has 4 rings (SSSR count). The molecule has 0 unspecified atom stereocenters. The summed E-state index contributed by atoms with van der Waals surface area (Å²) in [5.41, 5.74) is 2.89. The van der Waals surface area contributed by atoms with Gasteiger partial charge in [0, 0.05) is 37.9 Å². The van der Waals surface area contributed by atoms with Gasteiger partial charge in [-0.1, -0.05) is 18.2 Å². The monoisotopic (exact) mass is 383 g/mol. The fraction of sp³-hybridized carbons (Fsp3) is 0.409. The van der Waals surface area contributed by atoms with E-state index in [1.165, 1.54) is 6.07 Å². The number of hydrogen-bond donors (Lipinski definition) is 1. The normalized spacial score (nSPS) is 21.0. The minimum absolute atomic E-state index is 0.0143. The Kier molecular flexibility index (Phi) is 5.11. The summed E-state index contributed by atoms with van der Waals surface area (Å²) in [4.78, 5) is 17.2. The average Bonchev–Trinajstić information content (AvgIpc) is 2.73. The summed E-state index contributed by atoms with van der Waals surface area (Å²) in [6.45, 7) is 4.59. The zero-order valence-electron chi connectivity index (χ0n) is 16.3. The van der Waals surface area contributed by atoms with E-state index >= 15 is 0 Å². The molecule has 2 atom stereocenters. The molecular weight excluding hydrogens is 357 g/mol. The summed E-state index contributed by atoms with van der Waals surface area (Å²) in [5.74, 6) is 0.485. The molecule has 0 radical (unpaired) electrons. The van der Waals surface area contributed by atoms with Crippen LogP contribution < -0.4 is 19.9 Å². The Balaban J connectivity index is 1.69. The summed E-state index contributed by atoms with van der Waals surface area (Å²) in [6.07, 6.45) is 0.678. The van der Waals surface area contributed by atoms with Crippen LogP contribution in [0.25, 0.3) is 0 Å². The van der Waals surface area contributed by atoms with Gasteiger partial charge in [-0.25, -0.2) is 4.39 Å². The highest BCUT2D eigenvalue weighted by Gasteiger charge is 2.41. The van der Waals surface area contributed by atoms with Crippen molar-refractivity contribution in [3.05, 3.63) is 53.8 Å². The lowest BCUT2D eigenvalue weighted by Crippen LogP contribution is -2.61. The van der Waals surface area contributed by atoms with E-state index in [2.05, 4.69) is 27.2 Å². The maximum absolute atomic E-state index is 14.4. The molecule has 0 spiro atoms. The number of fused-ring (bicyclic) bond motifs is 3. The van der Waals surface area contributed by atoms with Gasteiger partial charge >= 0.3 is 0 Å². The SMILES string of the molecule is CCNC(=O)[C@H]1Cc2ccc(OC)cc2N2CCN(c3ccccc3F)C[C@H]12. The molecule has 2 aromatic rings. The van der Waals surface area contributed by atoms with Gasteiger partial charge in [-0.05, 0) is 37.1 Å².